The first-order valence-corrected chi connectivity index (χ1v) is 3.33. The summed E-state index contributed by atoms with van der Waals surface area (Å²) >= 11 is 0. The van der Waals surface area contributed by atoms with Crippen LogP contribution in [0.2, 0.25) is 0 Å². The van der Waals surface area contributed by atoms with Gasteiger partial charge < -0.3 is 30.3 Å². The smallest absolute Gasteiger partial charge is 0.151 e. The molecule has 0 amide bonds. The van der Waals surface area contributed by atoms with Crippen molar-refractivity contribution in [3.05, 3.63) is 0 Å². The average Bonchev–Trinajstić information content (AvgIpc) is 2.12. The molecule has 4 atom stereocenters. The average molecular weight is 366 g/mol. The monoisotopic (exact) mass is 364 g/mol. The summed E-state index contributed by atoms with van der Waals surface area (Å²) in [4.78, 5) is 9.90. The summed E-state index contributed by atoms with van der Waals surface area (Å²) in [7, 11) is 0. The van der Waals surface area contributed by atoms with E-state index >= 15 is 0 Å². The van der Waals surface area contributed by atoms with Gasteiger partial charge in [-0.25, -0.2) is 0 Å². The molecule has 6 nitrogen and oxygen atoms in total. The quantitative estimate of drug-likeness (QED) is 0.256. The van der Waals surface area contributed by atoms with E-state index in [0.29, 0.717) is 0 Å². The minimum atomic E-state index is -1.79. The Morgan fingerprint density at radius 1 is 1.00 bits per heavy atom. The molecule has 5 N–H and O–H groups in total. The van der Waals surface area contributed by atoms with Gasteiger partial charge in [0.25, 0.3) is 0 Å². The molecule has 104 valence electrons. The first kappa shape index (κ1) is 25.0. The number of aliphatic hydroxyl groups is 5. The zero-order valence-corrected chi connectivity index (χ0v) is 10.0. The van der Waals surface area contributed by atoms with E-state index < -0.39 is 31.0 Å². The van der Waals surface area contributed by atoms with Gasteiger partial charge in [0.1, 0.15) is 24.4 Å². The Labute approximate surface area is 118 Å². The van der Waals surface area contributed by atoms with Crippen LogP contribution in [-0.2, 0) is 55.4 Å². The standard InChI is InChI=1S/C6H12O6.2Cu.Ni/c7-1-3(9)5(11)6(12)4(10)2-8;;;/h1,3-6,8-12H,2H2;;;/t3-,4+,5-,6+;;;/m0.../s1. The first-order chi connectivity index (χ1) is 5.54. The third-order valence-corrected chi connectivity index (χ3v) is 1.42. The Bertz CT molecular complexity index is 152. The second-order valence-corrected chi connectivity index (χ2v) is 2.36. The van der Waals surface area contributed by atoms with Gasteiger partial charge in [0, 0.05) is 50.6 Å². The normalized spacial score (nSPS) is 16.9. The van der Waals surface area contributed by atoms with Crippen LogP contribution in [0.1, 0.15) is 0 Å². The molecule has 15 heavy (non-hydrogen) atoms. The van der Waals surface area contributed by atoms with Crippen molar-refractivity contribution < 1.29 is 81.0 Å². The van der Waals surface area contributed by atoms with Crippen molar-refractivity contribution in [1.29, 1.82) is 0 Å². The second-order valence-electron chi connectivity index (χ2n) is 2.36. The Morgan fingerprint density at radius 3 is 1.67 bits per heavy atom. The van der Waals surface area contributed by atoms with Gasteiger partial charge in [-0.15, -0.1) is 0 Å². The molecule has 0 heterocycles. The predicted molar refractivity (Wildman–Crippen MR) is 37.2 cm³/mol. The van der Waals surface area contributed by atoms with Crippen LogP contribution in [0.3, 0.4) is 0 Å². The fourth-order valence-electron chi connectivity index (χ4n) is 0.618. The number of hydrogen-bond acceptors (Lipinski definition) is 6. The molecule has 0 saturated heterocycles. The van der Waals surface area contributed by atoms with Crippen LogP contribution < -0.4 is 0 Å². The van der Waals surface area contributed by atoms with Crippen molar-refractivity contribution in [3.8, 4) is 0 Å². The fourth-order valence-corrected chi connectivity index (χ4v) is 0.618. The molecule has 0 bridgehead atoms. The third-order valence-electron chi connectivity index (χ3n) is 1.42. The molecule has 0 saturated carbocycles. The van der Waals surface area contributed by atoms with Crippen LogP contribution in [0.5, 0.6) is 0 Å². The molecule has 0 aliphatic heterocycles. The summed E-state index contributed by atoms with van der Waals surface area (Å²) in [5.41, 5.74) is 0. The van der Waals surface area contributed by atoms with E-state index in [1.807, 2.05) is 0 Å². The molecule has 9 heteroatoms. The number of rotatable bonds is 5. The van der Waals surface area contributed by atoms with Gasteiger partial charge in [-0.05, 0) is 0 Å². The van der Waals surface area contributed by atoms with Crippen LogP contribution >= 0.6 is 0 Å². The maximum Gasteiger partial charge on any atom is 0.151 e. The van der Waals surface area contributed by atoms with Crippen LogP contribution in [0.4, 0.5) is 0 Å². The second kappa shape index (κ2) is 13.1. The molecule has 0 aromatic rings. The maximum absolute atomic E-state index is 9.90. The number of carbonyl (C=O) groups is 1. The third kappa shape index (κ3) is 8.77. The Hall–Kier alpha value is 1.00. The van der Waals surface area contributed by atoms with Gasteiger partial charge in [-0.1, -0.05) is 0 Å². The van der Waals surface area contributed by atoms with Gasteiger partial charge in [0.15, 0.2) is 6.29 Å². The summed E-state index contributed by atoms with van der Waals surface area (Å²) in [6.45, 7) is -0.760. The molecule has 0 spiro atoms. The van der Waals surface area contributed by atoms with Crippen molar-refractivity contribution in [2.75, 3.05) is 6.61 Å². The molecule has 0 unspecified atom stereocenters. The number of hydrogen-bond donors (Lipinski definition) is 5. The van der Waals surface area contributed by atoms with Gasteiger partial charge in [-0.2, -0.15) is 0 Å². The van der Waals surface area contributed by atoms with Crippen LogP contribution in [0.15, 0.2) is 0 Å². The van der Waals surface area contributed by atoms with Crippen molar-refractivity contribution in [2.45, 2.75) is 24.4 Å². The summed E-state index contributed by atoms with van der Waals surface area (Å²) in [6.07, 6.45) is -6.84. The van der Waals surface area contributed by atoms with Crippen molar-refractivity contribution >= 4 is 6.29 Å². The summed E-state index contributed by atoms with van der Waals surface area (Å²) < 4.78 is 0. The summed E-state index contributed by atoms with van der Waals surface area (Å²) in [5.74, 6) is 0. The topological polar surface area (TPSA) is 118 Å². The van der Waals surface area contributed by atoms with E-state index in [4.69, 9.17) is 25.5 Å². The Morgan fingerprint density at radius 2 is 1.40 bits per heavy atom. The molecule has 0 rings (SSSR count). The largest absolute Gasteiger partial charge is 0.394 e. The predicted octanol–water partition coefficient (Wildman–Crippen LogP) is -3.39. The Kier molecular flexibility index (Phi) is 21.8. The fraction of sp³-hybridized carbons (Fsp3) is 0.833. The van der Waals surface area contributed by atoms with Crippen molar-refractivity contribution in [1.82, 2.24) is 0 Å². The van der Waals surface area contributed by atoms with Crippen molar-refractivity contribution in [2.24, 2.45) is 0 Å². The van der Waals surface area contributed by atoms with Crippen LogP contribution in [-0.4, -0.2) is 62.8 Å². The number of aldehydes is 1. The van der Waals surface area contributed by atoms with Crippen LogP contribution in [0, 0.1) is 0 Å². The van der Waals surface area contributed by atoms with Gasteiger partial charge >= 0.3 is 0 Å². The van der Waals surface area contributed by atoms with Gasteiger partial charge in [0.2, 0.25) is 0 Å². The minimum absolute atomic E-state index is 0. The van der Waals surface area contributed by atoms with Gasteiger partial charge in [0.05, 0.1) is 6.61 Å². The zero-order chi connectivity index (χ0) is 9.72. The van der Waals surface area contributed by atoms with E-state index in [0.717, 1.165) is 0 Å². The molecule has 0 aliphatic rings. The van der Waals surface area contributed by atoms with Gasteiger partial charge in [-0.3, -0.25) is 0 Å². The summed E-state index contributed by atoms with van der Waals surface area (Å²) in [5, 5.41) is 43.5. The minimum Gasteiger partial charge on any atom is -0.394 e. The molecule has 0 aliphatic carbocycles. The molecule has 2 radical (unpaired) electrons. The molecule has 0 aromatic carbocycles. The van der Waals surface area contributed by atoms with E-state index in [1.165, 1.54) is 0 Å². The molecule has 0 fully saturated rings. The maximum atomic E-state index is 9.90. The number of aliphatic hydroxyl groups excluding tert-OH is 5. The van der Waals surface area contributed by atoms with E-state index in [9.17, 15) is 4.79 Å². The van der Waals surface area contributed by atoms with E-state index in [-0.39, 0.29) is 56.9 Å². The van der Waals surface area contributed by atoms with Crippen molar-refractivity contribution in [3.63, 3.8) is 0 Å². The van der Waals surface area contributed by atoms with E-state index in [1.54, 1.807) is 0 Å². The molecular formula is C6H12Cu2NiO6. The first-order valence-electron chi connectivity index (χ1n) is 3.33. The van der Waals surface area contributed by atoms with Crippen LogP contribution in [0.25, 0.3) is 0 Å². The number of carbonyl (C=O) groups excluding carboxylic acids is 1. The SMILES string of the molecule is O=C[C@H](O)[C@H](O)[C@H](O)[C@H](O)CO.[Cu].[Cu].[Ni]. The van der Waals surface area contributed by atoms with E-state index in [2.05, 4.69) is 0 Å². The summed E-state index contributed by atoms with van der Waals surface area (Å²) in [6, 6.07) is 0. The molecular weight excluding hydrogens is 354 g/mol. The zero-order valence-electron chi connectivity index (χ0n) is 7.16. The Balaban J connectivity index is -0.000000202. The molecule has 0 aromatic heterocycles.